The van der Waals surface area contributed by atoms with Crippen LogP contribution in [0.3, 0.4) is 0 Å². The summed E-state index contributed by atoms with van der Waals surface area (Å²) >= 11 is 0. The Kier molecular flexibility index (Phi) is 6.06. The van der Waals surface area contributed by atoms with Crippen LogP contribution in [0.25, 0.3) is 10.9 Å². The van der Waals surface area contributed by atoms with Crippen molar-refractivity contribution in [2.45, 2.75) is 38.0 Å². The Hall–Kier alpha value is -3.50. The number of hydrogen-bond acceptors (Lipinski definition) is 6. The van der Waals surface area contributed by atoms with Gasteiger partial charge in [0.2, 0.25) is 5.91 Å². The van der Waals surface area contributed by atoms with Gasteiger partial charge in [0.25, 0.3) is 5.56 Å². The summed E-state index contributed by atoms with van der Waals surface area (Å²) in [5.41, 5.74) is -0.563. The van der Waals surface area contributed by atoms with Gasteiger partial charge in [-0.25, -0.2) is 9.67 Å². The van der Waals surface area contributed by atoms with E-state index in [0.29, 0.717) is 42.7 Å². The Morgan fingerprint density at radius 1 is 1.12 bits per heavy atom. The van der Waals surface area contributed by atoms with Gasteiger partial charge in [0.05, 0.1) is 17.5 Å². The van der Waals surface area contributed by atoms with Crippen molar-refractivity contribution in [2.24, 2.45) is 0 Å². The van der Waals surface area contributed by atoms with Crippen LogP contribution in [-0.4, -0.2) is 45.0 Å². The fourth-order valence-corrected chi connectivity index (χ4v) is 3.67. The molecule has 1 N–H and O–H groups in total. The molecular formula is C21H21F3N6O2. The zero-order valence-corrected chi connectivity index (χ0v) is 17.0. The van der Waals surface area contributed by atoms with Crippen molar-refractivity contribution in [3.8, 4) is 0 Å². The molecule has 0 atom stereocenters. The third-order valence-corrected chi connectivity index (χ3v) is 5.44. The summed E-state index contributed by atoms with van der Waals surface area (Å²) in [6, 6.07) is 9.22. The first-order valence-electron chi connectivity index (χ1n) is 10.2. The van der Waals surface area contributed by atoms with Gasteiger partial charge in [0.15, 0.2) is 0 Å². The number of hydrogen-bond donors (Lipinski definition) is 1. The SMILES string of the molecule is O=C(CCn1nnc2ccccc2c1=O)NC1CCN(c2ccc(C(F)(F)F)cn2)CC1. The highest BCUT2D eigenvalue weighted by atomic mass is 19.4. The molecule has 0 spiro atoms. The van der Waals surface area contributed by atoms with Crippen molar-refractivity contribution in [3.05, 3.63) is 58.5 Å². The largest absolute Gasteiger partial charge is 0.417 e. The van der Waals surface area contributed by atoms with Crippen LogP contribution in [0.5, 0.6) is 0 Å². The number of anilines is 1. The van der Waals surface area contributed by atoms with Crippen molar-refractivity contribution >= 4 is 22.6 Å². The van der Waals surface area contributed by atoms with Crippen LogP contribution in [0.4, 0.5) is 19.0 Å². The predicted molar refractivity (Wildman–Crippen MR) is 111 cm³/mol. The molecule has 32 heavy (non-hydrogen) atoms. The van der Waals surface area contributed by atoms with Crippen molar-refractivity contribution in [1.82, 2.24) is 25.3 Å². The normalized spacial score (nSPS) is 15.2. The van der Waals surface area contributed by atoms with E-state index >= 15 is 0 Å². The third kappa shape index (κ3) is 4.87. The van der Waals surface area contributed by atoms with E-state index in [-0.39, 0.29) is 30.5 Å². The van der Waals surface area contributed by atoms with Crippen molar-refractivity contribution in [1.29, 1.82) is 0 Å². The second-order valence-electron chi connectivity index (χ2n) is 7.62. The average Bonchev–Trinajstić information content (AvgIpc) is 2.79. The average molecular weight is 446 g/mol. The van der Waals surface area contributed by atoms with Crippen LogP contribution in [0, 0.1) is 0 Å². The molecule has 0 unspecified atom stereocenters. The van der Waals surface area contributed by atoms with Gasteiger partial charge >= 0.3 is 6.18 Å². The third-order valence-electron chi connectivity index (χ3n) is 5.44. The van der Waals surface area contributed by atoms with E-state index in [4.69, 9.17) is 0 Å². The highest BCUT2D eigenvalue weighted by molar-refractivity contribution is 5.77. The maximum absolute atomic E-state index is 12.7. The number of carbonyl (C=O) groups is 1. The maximum atomic E-state index is 12.7. The van der Waals surface area contributed by atoms with Gasteiger partial charge in [-0.1, -0.05) is 17.3 Å². The number of aryl methyl sites for hydroxylation is 1. The van der Waals surface area contributed by atoms with E-state index in [1.165, 1.54) is 10.7 Å². The number of rotatable bonds is 5. The number of carbonyl (C=O) groups excluding carboxylic acids is 1. The molecule has 3 aromatic rings. The van der Waals surface area contributed by atoms with Gasteiger partial charge in [-0.15, -0.1) is 5.10 Å². The highest BCUT2D eigenvalue weighted by Crippen LogP contribution is 2.29. The number of amides is 1. The highest BCUT2D eigenvalue weighted by Gasteiger charge is 2.31. The van der Waals surface area contributed by atoms with Gasteiger partial charge in [0.1, 0.15) is 11.3 Å². The summed E-state index contributed by atoms with van der Waals surface area (Å²) < 4.78 is 39.2. The van der Waals surface area contributed by atoms with E-state index in [0.717, 1.165) is 12.3 Å². The number of nitrogens with one attached hydrogen (secondary N) is 1. The lowest BCUT2D eigenvalue weighted by Crippen LogP contribution is -2.45. The molecule has 1 aromatic carbocycles. The Bertz CT molecular complexity index is 1150. The van der Waals surface area contributed by atoms with Crippen LogP contribution in [-0.2, 0) is 17.5 Å². The number of fused-ring (bicyclic) bond motifs is 1. The minimum absolute atomic E-state index is 0.0485. The number of nitrogens with zero attached hydrogens (tertiary/aromatic N) is 5. The van der Waals surface area contributed by atoms with Crippen LogP contribution in [0.1, 0.15) is 24.8 Å². The lowest BCUT2D eigenvalue weighted by Gasteiger charge is -2.33. The van der Waals surface area contributed by atoms with E-state index in [1.807, 2.05) is 4.90 Å². The van der Waals surface area contributed by atoms with Crippen LogP contribution >= 0.6 is 0 Å². The summed E-state index contributed by atoms with van der Waals surface area (Å²) in [4.78, 5) is 30.6. The molecule has 1 aliphatic rings. The molecule has 0 radical (unpaired) electrons. The van der Waals surface area contributed by atoms with E-state index in [9.17, 15) is 22.8 Å². The number of benzene rings is 1. The Morgan fingerprint density at radius 3 is 2.56 bits per heavy atom. The molecule has 168 valence electrons. The van der Waals surface area contributed by atoms with Crippen molar-refractivity contribution in [3.63, 3.8) is 0 Å². The quantitative estimate of drug-likeness (QED) is 0.647. The molecule has 8 nitrogen and oxygen atoms in total. The molecule has 1 saturated heterocycles. The molecule has 3 heterocycles. The molecule has 2 aromatic heterocycles. The summed E-state index contributed by atoms with van der Waals surface area (Å²) in [5, 5.41) is 11.3. The molecule has 4 rings (SSSR count). The number of aromatic nitrogens is 4. The van der Waals surface area contributed by atoms with Gasteiger partial charge < -0.3 is 10.2 Å². The van der Waals surface area contributed by atoms with Crippen LogP contribution < -0.4 is 15.8 Å². The molecule has 1 aliphatic heterocycles. The lowest BCUT2D eigenvalue weighted by molar-refractivity contribution is -0.137. The van der Waals surface area contributed by atoms with Gasteiger partial charge in [0, 0.05) is 31.7 Å². The zero-order chi connectivity index (χ0) is 22.7. The molecule has 11 heteroatoms. The predicted octanol–water partition coefficient (Wildman–Crippen LogP) is 2.38. The number of halogens is 3. The second-order valence-corrected chi connectivity index (χ2v) is 7.62. The van der Waals surface area contributed by atoms with E-state index in [1.54, 1.807) is 24.3 Å². The van der Waals surface area contributed by atoms with Gasteiger partial charge in [-0.2, -0.15) is 13.2 Å². The Morgan fingerprint density at radius 2 is 1.88 bits per heavy atom. The molecule has 0 bridgehead atoms. The minimum Gasteiger partial charge on any atom is -0.356 e. The molecule has 0 aliphatic carbocycles. The molecule has 0 saturated carbocycles. The molecule has 1 fully saturated rings. The second kappa shape index (κ2) is 8.93. The maximum Gasteiger partial charge on any atom is 0.417 e. The number of piperidine rings is 1. The summed E-state index contributed by atoms with van der Waals surface area (Å²) in [5.74, 6) is 0.287. The minimum atomic E-state index is -4.41. The first kappa shape index (κ1) is 21.7. The standard InChI is InChI=1S/C21H21F3N6O2/c22-21(23,24)14-5-6-18(25-13-14)29-10-7-15(8-11-29)26-19(31)9-12-30-20(32)16-3-1-2-4-17(16)27-28-30/h1-6,13,15H,7-12H2,(H,26,31). The summed E-state index contributed by atoms with van der Waals surface area (Å²) in [6.45, 7) is 1.26. The lowest BCUT2D eigenvalue weighted by atomic mass is 10.0. The van der Waals surface area contributed by atoms with Gasteiger partial charge in [-0.3, -0.25) is 9.59 Å². The Labute approximate surface area is 181 Å². The fourth-order valence-electron chi connectivity index (χ4n) is 3.67. The molecule has 1 amide bonds. The topological polar surface area (TPSA) is 93.0 Å². The van der Waals surface area contributed by atoms with Gasteiger partial charge in [-0.05, 0) is 37.1 Å². The zero-order valence-electron chi connectivity index (χ0n) is 17.0. The van der Waals surface area contributed by atoms with Crippen molar-refractivity contribution in [2.75, 3.05) is 18.0 Å². The fraction of sp³-hybridized carbons (Fsp3) is 0.381. The van der Waals surface area contributed by atoms with E-state index in [2.05, 4.69) is 20.6 Å². The smallest absolute Gasteiger partial charge is 0.356 e. The summed E-state index contributed by atoms with van der Waals surface area (Å²) in [7, 11) is 0. The monoisotopic (exact) mass is 446 g/mol. The first-order valence-corrected chi connectivity index (χ1v) is 10.2. The summed E-state index contributed by atoms with van der Waals surface area (Å²) in [6.07, 6.45) is -2.20. The molecular weight excluding hydrogens is 425 g/mol. The van der Waals surface area contributed by atoms with Crippen LogP contribution in [0.2, 0.25) is 0 Å². The van der Waals surface area contributed by atoms with Crippen molar-refractivity contribution < 1.29 is 18.0 Å². The number of pyridine rings is 1. The number of alkyl halides is 3. The van der Waals surface area contributed by atoms with E-state index < -0.39 is 11.7 Å². The first-order chi connectivity index (χ1) is 15.3. The van der Waals surface area contributed by atoms with Crippen LogP contribution in [0.15, 0.2) is 47.4 Å². The Balaban J connectivity index is 1.27.